The summed E-state index contributed by atoms with van der Waals surface area (Å²) in [6.45, 7) is 9.54. The molecule has 126 valence electrons. The van der Waals surface area contributed by atoms with Crippen molar-refractivity contribution in [1.82, 2.24) is 0 Å². The third-order valence-corrected chi connectivity index (χ3v) is 7.62. The van der Waals surface area contributed by atoms with Crippen LogP contribution in [0.1, 0.15) is 79.1 Å². The first-order chi connectivity index (χ1) is 10.2. The summed E-state index contributed by atoms with van der Waals surface area (Å²) in [6, 6.07) is 0. The Morgan fingerprint density at radius 1 is 1.09 bits per heavy atom. The van der Waals surface area contributed by atoms with E-state index in [1.807, 2.05) is 0 Å². The van der Waals surface area contributed by atoms with Crippen LogP contribution in [0.15, 0.2) is 11.1 Å². The number of hydrogen-bond donors (Lipinski definition) is 2. The standard InChI is InChI=1S/C20H34O2/c1-18(2)9-5-10-20(4)15-8-11-19(3,17(22)13-21)12-14(15)6-7-16(18)20/h16-17,21-22H,5-13H2,1-4H3/t16-,17+,19-,20+/m0/s1. The fourth-order valence-corrected chi connectivity index (χ4v) is 6.21. The molecule has 0 heterocycles. The van der Waals surface area contributed by atoms with E-state index in [1.165, 1.54) is 32.1 Å². The molecule has 2 heteroatoms. The van der Waals surface area contributed by atoms with Gasteiger partial charge in [0.15, 0.2) is 0 Å². The van der Waals surface area contributed by atoms with E-state index >= 15 is 0 Å². The number of fused-ring (bicyclic) bond motifs is 2. The fraction of sp³-hybridized carbons (Fsp3) is 0.900. The normalized spacial score (nSPS) is 42.5. The summed E-state index contributed by atoms with van der Waals surface area (Å²) >= 11 is 0. The molecule has 0 aromatic rings. The van der Waals surface area contributed by atoms with Gasteiger partial charge < -0.3 is 10.2 Å². The molecule has 22 heavy (non-hydrogen) atoms. The Kier molecular flexibility index (Phi) is 4.01. The van der Waals surface area contributed by atoms with Gasteiger partial charge in [0, 0.05) is 0 Å². The van der Waals surface area contributed by atoms with Gasteiger partial charge in [-0.2, -0.15) is 0 Å². The summed E-state index contributed by atoms with van der Waals surface area (Å²) in [4.78, 5) is 0. The van der Waals surface area contributed by atoms with Crippen molar-refractivity contribution in [3.05, 3.63) is 11.1 Å². The van der Waals surface area contributed by atoms with Crippen LogP contribution in [0.5, 0.6) is 0 Å². The van der Waals surface area contributed by atoms with E-state index in [2.05, 4.69) is 27.7 Å². The summed E-state index contributed by atoms with van der Waals surface area (Å²) in [5, 5.41) is 19.6. The maximum absolute atomic E-state index is 10.2. The van der Waals surface area contributed by atoms with E-state index in [4.69, 9.17) is 0 Å². The molecule has 2 nitrogen and oxygen atoms in total. The monoisotopic (exact) mass is 306 g/mol. The van der Waals surface area contributed by atoms with E-state index in [0.29, 0.717) is 10.8 Å². The zero-order chi connectivity index (χ0) is 16.2. The first-order valence-corrected chi connectivity index (χ1v) is 9.23. The first-order valence-electron chi connectivity index (χ1n) is 9.23. The predicted octanol–water partition coefficient (Wildman–Crippen LogP) is 4.45. The highest BCUT2D eigenvalue weighted by Crippen LogP contribution is 2.63. The largest absolute Gasteiger partial charge is 0.394 e. The van der Waals surface area contributed by atoms with Crippen molar-refractivity contribution in [2.45, 2.75) is 85.2 Å². The predicted molar refractivity (Wildman–Crippen MR) is 90.5 cm³/mol. The van der Waals surface area contributed by atoms with Crippen LogP contribution in [0.4, 0.5) is 0 Å². The second-order valence-electron chi connectivity index (χ2n) is 9.46. The van der Waals surface area contributed by atoms with Gasteiger partial charge in [-0.3, -0.25) is 0 Å². The molecule has 0 saturated heterocycles. The fourth-order valence-electron chi connectivity index (χ4n) is 6.21. The molecule has 0 spiro atoms. The molecule has 2 N–H and O–H groups in total. The lowest BCUT2D eigenvalue weighted by atomic mass is 9.48. The third kappa shape index (κ3) is 2.38. The van der Waals surface area contributed by atoms with Crippen LogP contribution in [0, 0.1) is 22.2 Å². The lowest BCUT2D eigenvalue weighted by Gasteiger charge is -2.57. The molecule has 0 unspecified atom stereocenters. The van der Waals surface area contributed by atoms with Crippen molar-refractivity contribution in [1.29, 1.82) is 0 Å². The minimum atomic E-state index is -0.574. The van der Waals surface area contributed by atoms with Crippen LogP contribution < -0.4 is 0 Å². The highest BCUT2D eigenvalue weighted by Gasteiger charge is 2.52. The Labute approximate surface area is 136 Å². The molecule has 0 bridgehead atoms. The van der Waals surface area contributed by atoms with Crippen LogP contribution in [0.2, 0.25) is 0 Å². The third-order valence-electron chi connectivity index (χ3n) is 7.62. The van der Waals surface area contributed by atoms with E-state index in [9.17, 15) is 10.2 Å². The highest BCUT2D eigenvalue weighted by atomic mass is 16.3. The van der Waals surface area contributed by atoms with Gasteiger partial charge in [0.2, 0.25) is 0 Å². The van der Waals surface area contributed by atoms with Gasteiger partial charge >= 0.3 is 0 Å². The molecule has 0 aromatic heterocycles. The molecule has 0 aliphatic heterocycles. The lowest BCUT2D eigenvalue weighted by Crippen LogP contribution is -2.48. The van der Waals surface area contributed by atoms with Crippen LogP contribution in [0.3, 0.4) is 0 Å². The molecular formula is C20H34O2. The van der Waals surface area contributed by atoms with Gasteiger partial charge in [0.05, 0.1) is 12.7 Å². The van der Waals surface area contributed by atoms with Crippen molar-refractivity contribution in [3.63, 3.8) is 0 Å². The molecule has 1 fully saturated rings. The molecule has 0 aromatic carbocycles. The van der Waals surface area contributed by atoms with Crippen molar-refractivity contribution in [2.75, 3.05) is 6.61 Å². The maximum Gasteiger partial charge on any atom is 0.0827 e. The molecule has 3 aliphatic carbocycles. The summed E-state index contributed by atoms with van der Waals surface area (Å²) in [5.41, 5.74) is 4.09. The van der Waals surface area contributed by atoms with Gasteiger partial charge in [-0.15, -0.1) is 0 Å². The van der Waals surface area contributed by atoms with Gasteiger partial charge in [-0.25, -0.2) is 0 Å². The van der Waals surface area contributed by atoms with E-state index in [-0.39, 0.29) is 12.0 Å². The summed E-state index contributed by atoms with van der Waals surface area (Å²) < 4.78 is 0. The van der Waals surface area contributed by atoms with Crippen molar-refractivity contribution < 1.29 is 10.2 Å². The lowest BCUT2D eigenvalue weighted by molar-refractivity contribution is -0.0295. The molecule has 3 rings (SSSR count). The second kappa shape index (κ2) is 5.34. The summed E-state index contributed by atoms with van der Waals surface area (Å²) in [7, 11) is 0. The van der Waals surface area contributed by atoms with Gasteiger partial charge in [-0.05, 0) is 67.1 Å². The number of aliphatic hydroxyl groups excluding tert-OH is 2. The first kappa shape index (κ1) is 16.5. The van der Waals surface area contributed by atoms with Crippen LogP contribution in [-0.4, -0.2) is 22.9 Å². The number of allylic oxidation sites excluding steroid dienone is 2. The minimum Gasteiger partial charge on any atom is -0.394 e. The topological polar surface area (TPSA) is 40.5 Å². The molecule has 3 aliphatic rings. The minimum absolute atomic E-state index is 0.105. The molecular weight excluding hydrogens is 272 g/mol. The average molecular weight is 306 g/mol. The van der Waals surface area contributed by atoms with Gasteiger partial charge in [-0.1, -0.05) is 45.3 Å². The Morgan fingerprint density at radius 3 is 2.50 bits per heavy atom. The summed E-state index contributed by atoms with van der Waals surface area (Å²) in [6.07, 6.45) is 9.17. The van der Waals surface area contributed by atoms with Crippen LogP contribution in [0.25, 0.3) is 0 Å². The highest BCUT2D eigenvalue weighted by molar-refractivity contribution is 5.31. The maximum atomic E-state index is 10.2. The number of aliphatic hydroxyl groups is 2. The zero-order valence-electron chi connectivity index (χ0n) is 14.9. The molecule has 1 saturated carbocycles. The number of rotatable bonds is 2. The number of hydrogen-bond acceptors (Lipinski definition) is 2. The Bertz CT molecular complexity index is 478. The zero-order valence-corrected chi connectivity index (χ0v) is 14.9. The van der Waals surface area contributed by atoms with E-state index < -0.39 is 6.10 Å². The summed E-state index contributed by atoms with van der Waals surface area (Å²) in [5.74, 6) is 0.819. The van der Waals surface area contributed by atoms with Crippen molar-refractivity contribution >= 4 is 0 Å². The Hall–Kier alpha value is -0.340. The second-order valence-corrected chi connectivity index (χ2v) is 9.46. The SMILES string of the molecule is CC1(C)CCC[C@]2(C)C3=C(CC[C@@H]12)C[C@@](C)([C@H](O)CO)CC3. The van der Waals surface area contributed by atoms with Crippen molar-refractivity contribution in [2.24, 2.45) is 22.2 Å². The van der Waals surface area contributed by atoms with E-state index in [1.54, 1.807) is 11.1 Å². The molecule has 0 amide bonds. The Morgan fingerprint density at radius 2 is 1.82 bits per heavy atom. The van der Waals surface area contributed by atoms with Crippen LogP contribution in [-0.2, 0) is 0 Å². The Balaban J connectivity index is 1.93. The molecule has 4 atom stereocenters. The van der Waals surface area contributed by atoms with Crippen molar-refractivity contribution in [3.8, 4) is 0 Å². The smallest absolute Gasteiger partial charge is 0.0827 e. The van der Waals surface area contributed by atoms with Gasteiger partial charge in [0.25, 0.3) is 0 Å². The average Bonchev–Trinajstić information content (AvgIpc) is 2.45. The van der Waals surface area contributed by atoms with Gasteiger partial charge in [0.1, 0.15) is 0 Å². The molecule has 0 radical (unpaired) electrons. The van der Waals surface area contributed by atoms with Crippen LogP contribution >= 0.6 is 0 Å². The quantitative estimate of drug-likeness (QED) is 0.740. The van der Waals surface area contributed by atoms with E-state index in [0.717, 1.165) is 25.2 Å².